The molecule has 1 aromatic heterocycles. The van der Waals surface area contributed by atoms with Gasteiger partial charge in [-0.2, -0.15) is 0 Å². The molecule has 2 aromatic rings. The molecule has 0 atom stereocenters. The van der Waals surface area contributed by atoms with Crippen molar-refractivity contribution in [3.63, 3.8) is 0 Å². The Hall–Kier alpha value is -2.47. The summed E-state index contributed by atoms with van der Waals surface area (Å²) in [5.41, 5.74) is 2.16. The molecule has 1 aromatic carbocycles. The molecule has 33 heavy (non-hydrogen) atoms. The number of nitrogens with zero attached hydrogens (tertiary/aromatic N) is 2. The Morgan fingerprint density at radius 3 is 2.12 bits per heavy atom. The van der Waals surface area contributed by atoms with Crippen molar-refractivity contribution in [2.45, 2.75) is 84.0 Å². The molecule has 6 heteroatoms. The minimum Gasteiger partial charge on any atom is -0.494 e. The van der Waals surface area contributed by atoms with Crippen LogP contribution >= 0.6 is 0 Å². The Labute approximate surface area is 198 Å². The normalized spacial score (nSPS) is 10.9. The van der Waals surface area contributed by atoms with Crippen LogP contribution < -0.4 is 4.74 Å². The highest BCUT2D eigenvalue weighted by molar-refractivity contribution is 5.66. The lowest BCUT2D eigenvalue weighted by atomic mass is 10.1. The standard InChI is InChI=1S/C27H40N2O4/c1-2-18-32-19-10-11-20-33-25-16-14-24(15-17-25)27-28-21-23(22-29-27)12-8-6-4-3-5-7-9-13-26(30)31/h14-17,21-22H,2-13,18-20H2,1H3,(H,30,31). The van der Waals surface area contributed by atoms with Gasteiger partial charge in [-0.1, -0.05) is 39.0 Å². The van der Waals surface area contributed by atoms with Gasteiger partial charge in [-0.05, 0) is 68.4 Å². The summed E-state index contributed by atoms with van der Waals surface area (Å²) in [7, 11) is 0. The number of hydrogen-bond acceptors (Lipinski definition) is 5. The van der Waals surface area contributed by atoms with Gasteiger partial charge < -0.3 is 14.6 Å². The summed E-state index contributed by atoms with van der Waals surface area (Å²) in [6, 6.07) is 7.96. The van der Waals surface area contributed by atoms with Crippen molar-refractivity contribution in [3.05, 3.63) is 42.2 Å². The van der Waals surface area contributed by atoms with Crippen molar-refractivity contribution in [3.8, 4) is 17.1 Å². The van der Waals surface area contributed by atoms with Crippen LogP contribution in [0.2, 0.25) is 0 Å². The monoisotopic (exact) mass is 456 g/mol. The van der Waals surface area contributed by atoms with Crippen LogP contribution in [0.5, 0.6) is 5.75 Å². The number of ether oxygens (including phenoxy) is 2. The second-order valence-electron chi connectivity index (χ2n) is 8.48. The van der Waals surface area contributed by atoms with Gasteiger partial charge in [-0.3, -0.25) is 4.79 Å². The van der Waals surface area contributed by atoms with Gasteiger partial charge in [0, 0.05) is 37.6 Å². The number of carboxylic acid groups (broad SMARTS) is 1. The first-order valence-electron chi connectivity index (χ1n) is 12.5. The largest absolute Gasteiger partial charge is 0.494 e. The summed E-state index contributed by atoms with van der Waals surface area (Å²) in [5.74, 6) is 0.913. The Morgan fingerprint density at radius 1 is 0.818 bits per heavy atom. The molecule has 0 aliphatic carbocycles. The van der Waals surface area contributed by atoms with E-state index in [-0.39, 0.29) is 0 Å². The predicted molar refractivity (Wildman–Crippen MR) is 132 cm³/mol. The average Bonchev–Trinajstić information content (AvgIpc) is 2.83. The Bertz CT molecular complexity index is 763. The van der Waals surface area contributed by atoms with E-state index >= 15 is 0 Å². The third kappa shape index (κ3) is 12.4. The van der Waals surface area contributed by atoms with Crippen molar-refractivity contribution in [2.75, 3.05) is 19.8 Å². The Morgan fingerprint density at radius 2 is 1.45 bits per heavy atom. The van der Waals surface area contributed by atoms with Crippen LogP contribution in [0.4, 0.5) is 0 Å². The Kier molecular flexibility index (Phi) is 13.8. The van der Waals surface area contributed by atoms with Crippen LogP contribution in [0, 0.1) is 0 Å². The van der Waals surface area contributed by atoms with Crippen LogP contribution in [0.1, 0.15) is 83.1 Å². The number of aromatic nitrogens is 2. The fourth-order valence-corrected chi connectivity index (χ4v) is 3.57. The molecule has 2 rings (SSSR count). The quantitative estimate of drug-likeness (QED) is 0.244. The van der Waals surface area contributed by atoms with E-state index in [0.29, 0.717) is 13.0 Å². The van der Waals surface area contributed by atoms with Gasteiger partial charge in [-0.25, -0.2) is 9.97 Å². The molecule has 0 unspecified atom stereocenters. The molecular weight excluding hydrogens is 416 g/mol. The SMILES string of the molecule is CCCOCCCCOc1ccc(-c2ncc(CCCCCCCCCC(=O)O)cn2)cc1. The van der Waals surface area contributed by atoms with Gasteiger partial charge in [0.2, 0.25) is 0 Å². The van der Waals surface area contributed by atoms with E-state index in [4.69, 9.17) is 14.6 Å². The molecule has 0 bridgehead atoms. The topological polar surface area (TPSA) is 81.5 Å². The molecule has 0 saturated heterocycles. The maximum atomic E-state index is 10.5. The van der Waals surface area contributed by atoms with Gasteiger partial charge in [0.05, 0.1) is 6.61 Å². The molecular formula is C27H40N2O4. The summed E-state index contributed by atoms with van der Waals surface area (Å²) in [6.07, 6.45) is 15.9. The van der Waals surface area contributed by atoms with Gasteiger partial charge in [0.25, 0.3) is 0 Å². The van der Waals surface area contributed by atoms with Crippen LogP contribution in [-0.4, -0.2) is 40.9 Å². The first kappa shape index (κ1) is 26.8. The lowest BCUT2D eigenvalue weighted by molar-refractivity contribution is -0.137. The second-order valence-corrected chi connectivity index (χ2v) is 8.48. The number of benzene rings is 1. The van der Waals surface area contributed by atoms with Crippen LogP contribution in [0.15, 0.2) is 36.7 Å². The van der Waals surface area contributed by atoms with Gasteiger partial charge in [-0.15, -0.1) is 0 Å². The summed E-state index contributed by atoms with van der Waals surface area (Å²) in [6.45, 7) is 4.46. The molecule has 6 nitrogen and oxygen atoms in total. The molecule has 182 valence electrons. The van der Waals surface area contributed by atoms with E-state index in [1.807, 2.05) is 36.7 Å². The van der Waals surface area contributed by atoms with Gasteiger partial charge in [0.15, 0.2) is 5.82 Å². The number of aliphatic carboxylic acids is 1. The van der Waals surface area contributed by atoms with Crippen molar-refractivity contribution < 1.29 is 19.4 Å². The predicted octanol–water partition coefficient (Wildman–Crippen LogP) is 6.48. The molecule has 1 N–H and O–H groups in total. The highest BCUT2D eigenvalue weighted by Crippen LogP contribution is 2.20. The van der Waals surface area contributed by atoms with Gasteiger partial charge in [0.1, 0.15) is 5.75 Å². The van der Waals surface area contributed by atoms with Gasteiger partial charge >= 0.3 is 5.97 Å². The molecule has 0 amide bonds. The van der Waals surface area contributed by atoms with E-state index in [2.05, 4.69) is 16.9 Å². The summed E-state index contributed by atoms with van der Waals surface area (Å²) in [5, 5.41) is 8.63. The number of hydrogen-bond donors (Lipinski definition) is 1. The summed E-state index contributed by atoms with van der Waals surface area (Å²) >= 11 is 0. The Balaban J connectivity index is 1.59. The zero-order chi connectivity index (χ0) is 23.6. The highest BCUT2D eigenvalue weighted by Gasteiger charge is 2.03. The first-order chi connectivity index (χ1) is 16.2. The minimum absolute atomic E-state index is 0.295. The zero-order valence-electron chi connectivity index (χ0n) is 20.1. The van der Waals surface area contributed by atoms with Crippen LogP contribution in [0.25, 0.3) is 11.4 Å². The third-order valence-corrected chi connectivity index (χ3v) is 5.47. The molecule has 0 fully saturated rings. The van der Waals surface area contributed by atoms with Crippen molar-refractivity contribution >= 4 is 5.97 Å². The van der Waals surface area contributed by atoms with E-state index in [1.54, 1.807) is 0 Å². The van der Waals surface area contributed by atoms with E-state index in [9.17, 15) is 4.79 Å². The first-order valence-corrected chi connectivity index (χ1v) is 12.5. The van der Waals surface area contributed by atoms with Crippen molar-refractivity contribution in [1.29, 1.82) is 0 Å². The molecule has 1 heterocycles. The maximum absolute atomic E-state index is 10.5. The summed E-state index contributed by atoms with van der Waals surface area (Å²) < 4.78 is 11.3. The van der Waals surface area contributed by atoms with E-state index in [1.165, 1.54) is 24.8 Å². The molecule has 0 spiro atoms. The average molecular weight is 457 g/mol. The smallest absolute Gasteiger partial charge is 0.303 e. The zero-order valence-corrected chi connectivity index (χ0v) is 20.1. The van der Waals surface area contributed by atoms with Crippen LogP contribution in [0.3, 0.4) is 0 Å². The fraction of sp³-hybridized carbons (Fsp3) is 0.593. The second kappa shape index (κ2) is 17.1. The lowest BCUT2D eigenvalue weighted by Gasteiger charge is -2.08. The number of aryl methyl sites for hydroxylation is 1. The minimum atomic E-state index is -0.690. The third-order valence-electron chi connectivity index (χ3n) is 5.47. The number of rotatable bonds is 19. The highest BCUT2D eigenvalue weighted by atomic mass is 16.5. The molecule has 0 aliphatic heterocycles. The molecule has 0 radical (unpaired) electrons. The van der Waals surface area contributed by atoms with E-state index in [0.717, 1.165) is 81.7 Å². The van der Waals surface area contributed by atoms with Crippen LogP contribution in [-0.2, 0) is 16.0 Å². The van der Waals surface area contributed by atoms with Crippen molar-refractivity contribution in [1.82, 2.24) is 9.97 Å². The fourth-order valence-electron chi connectivity index (χ4n) is 3.57. The lowest BCUT2D eigenvalue weighted by Crippen LogP contribution is -2.01. The van der Waals surface area contributed by atoms with E-state index < -0.39 is 5.97 Å². The molecule has 0 aliphatic rings. The van der Waals surface area contributed by atoms with Crippen molar-refractivity contribution in [2.24, 2.45) is 0 Å². The number of carboxylic acids is 1. The number of carbonyl (C=O) groups is 1. The summed E-state index contributed by atoms with van der Waals surface area (Å²) in [4.78, 5) is 19.6. The number of unbranched alkanes of at least 4 members (excludes halogenated alkanes) is 7. The maximum Gasteiger partial charge on any atom is 0.303 e. The molecule has 0 saturated carbocycles.